The van der Waals surface area contributed by atoms with Crippen LogP contribution in [-0.2, 0) is 12.8 Å². The first-order valence-electron chi connectivity index (χ1n) is 6.80. The van der Waals surface area contributed by atoms with E-state index in [0.717, 1.165) is 23.4 Å². The first-order chi connectivity index (χ1) is 9.31. The molecule has 1 aliphatic carbocycles. The van der Waals surface area contributed by atoms with Crippen molar-refractivity contribution in [2.24, 2.45) is 5.73 Å². The number of nitrogens with two attached hydrogens (primary N) is 1. The highest BCUT2D eigenvalue weighted by molar-refractivity contribution is 6.31. The molecule has 100 valence electrons. The van der Waals surface area contributed by atoms with E-state index in [2.05, 4.69) is 15.6 Å². The topological polar surface area (TPSA) is 43.8 Å². The van der Waals surface area contributed by atoms with Gasteiger partial charge in [-0.3, -0.25) is 0 Å². The molecule has 1 aromatic carbocycles. The van der Waals surface area contributed by atoms with Gasteiger partial charge in [0, 0.05) is 17.3 Å². The third kappa shape index (κ3) is 2.28. The number of imidazole rings is 1. The van der Waals surface area contributed by atoms with Crippen molar-refractivity contribution in [1.82, 2.24) is 9.55 Å². The summed E-state index contributed by atoms with van der Waals surface area (Å²) >= 11 is 6.31. The molecule has 1 aliphatic rings. The number of nitrogens with zero attached hydrogens (tertiary/aromatic N) is 2. The molecule has 3 nitrogen and oxygen atoms in total. The lowest BCUT2D eigenvalue weighted by atomic mass is 9.99. The molecule has 0 fully saturated rings. The quantitative estimate of drug-likeness (QED) is 0.936. The fourth-order valence-electron chi connectivity index (χ4n) is 2.90. The molecule has 2 aromatic rings. The van der Waals surface area contributed by atoms with Crippen molar-refractivity contribution in [2.75, 3.05) is 6.54 Å². The number of aromatic nitrogens is 2. The van der Waals surface area contributed by atoms with Crippen LogP contribution in [0, 0.1) is 0 Å². The Kier molecular flexibility index (Phi) is 3.58. The number of hydrogen-bond donors (Lipinski definition) is 1. The van der Waals surface area contributed by atoms with Crippen molar-refractivity contribution in [3.63, 3.8) is 0 Å². The third-order valence-corrected chi connectivity index (χ3v) is 4.23. The van der Waals surface area contributed by atoms with Crippen molar-refractivity contribution in [3.8, 4) is 0 Å². The first-order valence-corrected chi connectivity index (χ1v) is 7.18. The van der Waals surface area contributed by atoms with Crippen molar-refractivity contribution >= 4 is 11.6 Å². The van der Waals surface area contributed by atoms with Crippen LogP contribution < -0.4 is 5.73 Å². The van der Waals surface area contributed by atoms with E-state index in [9.17, 15) is 0 Å². The highest BCUT2D eigenvalue weighted by Crippen LogP contribution is 2.29. The van der Waals surface area contributed by atoms with Crippen LogP contribution in [0.1, 0.15) is 35.8 Å². The largest absolute Gasteiger partial charge is 0.328 e. The zero-order valence-electron chi connectivity index (χ0n) is 10.8. The standard InChI is InChI=1S/C15H18ClN3/c16-12-6-2-1-5-11(12)15(9-17)19-10-18-13-7-3-4-8-14(13)19/h1-2,5-6,10,15H,3-4,7-9,17H2. The minimum absolute atomic E-state index is 0.0862. The maximum atomic E-state index is 6.31. The average molecular weight is 276 g/mol. The van der Waals surface area contributed by atoms with E-state index in [1.54, 1.807) is 0 Å². The highest BCUT2D eigenvalue weighted by Gasteiger charge is 2.22. The molecule has 0 amide bonds. The average Bonchev–Trinajstić information content (AvgIpc) is 2.86. The number of aryl methyl sites for hydroxylation is 1. The molecule has 0 spiro atoms. The van der Waals surface area contributed by atoms with E-state index in [1.165, 1.54) is 24.2 Å². The van der Waals surface area contributed by atoms with E-state index in [-0.39, 0.29) is 6.04 Å². The molecule has 0 radical (unpaired) electrons. The molecule has 1 aromatic heterocycles. The number of rotatable bonds is 3. The van der Waals surface area contributed by atoms with E-state index in [0.29, 0.717) is 6.54 Å². The Bertz CT molecular complexity index is 577. The summed E-state index contributed by atoms with van der Waals surface area (Å²) in [6, 6.07) is 8.01. The summed E-state index contributed by atoms with van der Waals surface area (Å²) in [5, 5.41) is 0.774. The Morgan fingerprint density at radius 3 is 2.84 bits per heavy atom. The summed E-state index contributed by atoms with van der Waals surface area (Å²) in [4.78, 5) is 4.55. The molecule has 0 saturated carbocycles. The molecular weight excluding hydrogens is 258 g/mol. The lowest BCUT2D eigenvalue weighted by Crippen LogP contribution is -2.23. The fraction of sp³-hybridized carbons (Fsp3) is 0.400. The third-order valence-electron chi connectivity index (χ3n) is 3.88. The maximum absolute atomic E-state index is 6.31. The lowest BCUT2D eigenvalue weighted by molar-refractivity contribution is 0.547. The molecule has 19 heavy (non-hydrogen) atoms. The summed E-state index contributed by atoms with van der Waals surface area (Å²) in [5.41, 5.74) is 9.64. The van der Waals surface area contributed by atoms with Crippen molar-refractivity contribution in [3.05, 3.63) is 52.6 Å². The molecule has 0 saturated heterocycles. The summed E-state index contributed by atoms with van der Waals surface area (Å²) in [7, 11) is 0. The van der Waals surface area contributed by atoms with Crippen LogP contribution in [0.5, 0.6) is 0 Å². The van der Waals surface area contributed by atoms with Gasteiger partial charge >= 0.3 is 0 Å². The Morgan fingerprint density at radius 1 is 1.26 bits per heavy atom. The number of fused-ring (bicyclic) bond motifs is 1. The van der Waals surface area contributed by atoms with Gasteiger partial charge in [0.1, 0.15) is 0 Å². The van der Waals surface area contributed by atoms with Gasteiger partial charge in [0.15, 0.2) is 0 Å². The van der Waals surface area contributed by atoms with Gasteiger partial charge in [-0.2, -0.15) is 0 Å². The van der Waals surface area contributed by atoms with E-state index in [1.807, 2.05) is 24.5 Å². The zero-order valence-corrected chi connectivity index (χ0v) is 11.6. The molecular formula is C15H18ClN3. The molecule has 0 aliphatic heterocycles. The Labute approximate surface area is 118 Å². The summed E-state index contributed by atoms with van der Waals surface area (Å²) < 4.78 is 2.22. The molecule has 4 heteroatoms. The van der Waals surface area contributed by atoms with Gasteiger partial charge < -0.3 is 10.3 Å². The van der Waals surface area contributed by atoms with Crippen LogP contribution in [0.2, 0.25) is 5.02 Å². The van der Waals surface area contributed by atoms with Crippen LogP contribution in [0.4, 0.5) is 0 Å². The van der Waals surface area contributed by atoms with Crippen LogP contribution >= 0.6 is 11.6 Å². The Hall–Kier alpha value is -1.32. The maximum Gasteiger partial charge on any atom is 0.0957 e. The Morgan fingerprint density at radius 2 is 2.05 bits per heavy atom. The molecule has 1 heterocycles. The zero-order chi connectivity index (χ0) is 13.2. The molecule has 2 N–H and O–H groups in total. The van der Waals surface area contributed by atoms with Gasteiger partial charge in [0.05, 0.1) is 18.1 Å². The van der Waals surface area contributed by atoms with Gasteiger partial charge in [0.25, 0.3) is 0 Å². The van der Waals surface area contributed by atoms with Gasteiger partial charge in [-0.25, -0.2) is 4.98 Å². The van der Waals surface area contributed by atoms with Crippen LogP contribution in [0.3, 0.4) is 0 Å². The summed E-state index contributed by atoms with van der Waals surface area (Å²) in [6.45, 7) is 0.534. The van der Waals surface area contributed by atoms with Crippen LogP contribution in [-0.4, -0.2) is 16.1 Å². The molecule has 0 bridgehead atoms. The first kappa shape index (κ1) is 12.7. The number of hydrogen-bond acceptors (Lipinski definition) is 2. The van der Waals surface area contributed by atoms with Gasteiger partial charge in [-0.05, 0) is 37.3 Å². The van der Waals surface area contributed by atoms with Gasteiger partial charge in [-0.1, -0.05) is 29.8 Å². The lowest BCUT2D eigenvalue weighted by Gasteiger charge is -2.22. The minimum Gasteiger partial charge on any atom is -0.328 e. The second-order valence-corrected chi connectivity index (χ2v) is 5.43. The predicted molar refractivity (Wildman–Crippen MR) is 77.5 cm³/mol. The van der Waals surface area contributed by atoms with E-state index >= 15 is 0 Å². The van der Waals surface area contributed by atoms with E-state index in [4.69, 9.17) is 17.3 Å². The van der Waals surface area contributed by atoms with Crippen molar-refractivity contribution < 1.29 is 0 Å². The number of halogens is 1. The fourth-order valence-corrected chi connectivity index (χ4v) is 3.16. The van der Waals surface area contributed by atoms with Crippen LogP contribution in [0.15, 0.2) is 30.6 Å². The normalized spacial score (nSPS) is 16.1. The van der Waals surface area contributed by atoms with Gasteiger partial charge in [0.2, 0.25) is 0 Å². The highest BCUT2D eigenvalue weighted by atomic mass is 35.5. The monoisotopic (exact) mass is 275 g/mol. The number of benzene rings is 1. The van der Waals surface area contributed by atoms with Gasteiger partial charge in [-0.15, -0.1) is 0 Å². The predicted octanol–water partition coefficient (Wildman–Crippen LogP) is 2.96. The summed E-state index contributed by atoms with van der Waals surface area (Å²) in [6.07, 6.45) is 6.58. The van der Waals surface area contributed by atoms with Crippen LogP contribution in [0.25, 0.3) is 0 Å². The minimum atomic E-state index is 0.0862. The smallest absolute Gasteiger partial charge is 0.0957 e. The molecule has 1 atom stereocenters. The molecule has 1 unspecified atom stereocenters. The molecule has 3 rings (SSSR count). The van der Waals surface area contributed by atoms with Crippen molar-refractivity contribution in [1.29, 1.82) is 0 Å². The summed E-state index contributed by atoms with van der Waals surface area (Å²) in [5.74, 6) is 0. The van der Waals surface area contributed by atoms with Crippen molar-refractivity contribution in [2.45, 2.75) is 31.7 Å². The second kappa shape index (κ2) is 5.35. The SMILES string of the molecule is NCC(c1ccccc1Cl)n1cnc2c1CCCC2. The van der Waals surface area contributed by atoms with E-state index < -0.39 is 0 Å². The second-order valence-electron chi connectivity index (χ2n) is 5.03. The Balaban J connectivity index is 2.04.